The number of H-pyrrole nitrogens is 1. The van der Waals surface area contributed by atoms with Crippen LogP contribution in [0.2, 0.25) is 0 Å². The molecule has 6 rings (SSSR count). The molecule has 0 saturated carbocycles. The standard InChI is InChI=1S/C36H38N2O8/c1-22(39)9-16-32(41)45-21-30-29(40)18-31(46-30)38-19-27(35(42)37-36(38)43)20-44-17-4-2-3-6-23-10-11-26-13-12-24-7-5-8-25-14-15-28(23)34(26)33(24)25/h5,7-8,10-15,19,29-31,40H,2-4,6,9,16-18,20-21H2,1H3,(H,37,42,43). The van der Waals surface area contributed by atoms with Crippen LogP contribution >= 0.6 is 0 Å². The van der Waals surface area contributed by atoms with Gasteiger partial charge >= 0.3 is 11.7 Å². The lowest BCUT2D eigenvalue weighted by Crippen LogP contribution is -2.34. The van der Waals surface area contributed by atoms with Crippen molar-refractivity contribution in [1.82, 2.24) is 9.55 Å². The average molecular weight is 627 g/mol. The zero-order valence-corrected chi connectivity index (χ0v) is 25.8. The van der Waals surface area contributed by atoms with Crippen LogP contribution in [0.25, 0.3) is 32.3 Å². The van der Waals surface area contributed by atoms with E-state index in [1.165, 1.54) is 55.6 Å². The first kappa shape index (κ1) is 31.6. The number of carbonyl (C=O) groups excluding carboxylic acids is 2. The summed E-state index contributed by atoms with van der Waals surface area (Å²) >= 11 is 0. The van der Waals surface area contributed by atoms with Crippen molar-refractivity contribution in [3.05, 3.63) is 92.8 Å². The second kappa shape index (κ2) is 13.9. The van der Waals surface area contributed by atoms with Gasteiger partial charge in [0.1, 0.15) is 24.7 Å². The van der Waals surface area contributed by atoms with E-state index in [1.807, 2.05) is 0 Å². The van der Waals surface area contributed by atoms with Gasteiger partial charge in [0.05, 0.1) is 24.7 Å². The predicted molar refractivity (Wildman–Crippen MR) is 174 cm³/mol. The zero-order chi connectivity index (χ0) is 32.2. The van der Waals surface area contributed by atoms with Crippen molar-refractivity contribution >= 4 is 44.1 Å². The molecule has 46 heavy (non-hydrogen) atoms. The number of esters is 1. The molecular formula is C36H38N2O8. The van der Waals surface area contributed by atoms with Gasteiger partial charge in [0.2, 0.25) is 0 Å². The summed E-state index contributed by atoms with van der Waals surface area (Å²) in [6.45, 7) is 1.67. The van der Waals surface area contributed by atoms with Gasteiger partial charge in [-0.05, 0) is 64.1 Å². The SMILES string of the molecule is CC(=O)CCC(=O)OCC1OC(n2cc(COCCCCCc3ccc4ccc5cccc6ccc3c4c56)c(=O)[nH]c2=O)CC1O. The molecule has 2 heterocycles. The van der Waals surface area contributed by atoms with Crippen LogP contribution in [0, 0.1) is 0 Å². The summed E-state index contributed by atoms with van der Waals surface area (Å²) in [5.74, 6) is -0.690. The highest BCUT2D eigenvalue weighted by molar-refractivity contribution is 6.23. The second-order valence-corrected chi connectivity index (χ2v) is 12.1. The first-order chi connectivity index (χ1) is 22.3. The minimum atomic E-state index is -0.981. The Labute approximate surface area is 265 Å². The van der Waals surface area contributed by atoms with Crippen molar-refractivity contribution in [3.63, 3.8) is 0 Å². The molecule has 4 aromatic carbocycles. The van der Waals surface area contributed by atoms with Gasteiger partial charge in [-0.2, -0.15) is 0 Å². The van der Waals surface area contributed by atoms with Crippen LogP contribution in [0.4, 0.5) is 0 Å². The van der Waals surface area contributed by atoms with Crippen molar-refractivity contribution in [1.29, 1.82) is 0 Å². The van der Waals surface area contributed by atoms with Crippen molar-refractivity contribution in [2.75, 3.05) is 13.2 Å². The normalized spacial score (nSPS) is 18.2. The van der Waals surface area contributed by atoms with Gasteiger partial charge < -0.3 is 24.1 Å². The molecule has 3 atom stereocenters. The maximum atomic E-state index is 12.5. The Kier molecular flexibility index (Phi) is 9.58. The minimum absolute atomic E-state index is 0.0249. The van der Waals surface area contributed by atoms with Gasteiger partial charge in [0, 0.05) is 25.6 Å². The smallest absolute Gasteiger partial charge is 0.330 e. The molecule has 10 nitrogen and oxygen atoms in total. The van der Waals surface area contributed by atoms with Crippen molar-refractivity contribution in [2.45, 2.75) is 76.9 Å². The third-order valence-electron chi connectivity index (χ3n) is 8.76. The molecule has 3 unspecified atom stereocenters. The Morgan fingerprint density at radius 2 is 1.67 bits per heavy atom. The largest absolute Gasteiger partial charge is 0.463 e. The van der Waals surface area contributed by atoms with Crippen LogP contribution in [0.15, 0.2) is 70.4 Å². The van der Waals surface area contributed by atoms with Gasteiger partial charge in [-0.1, -0.05) is 61.0 Å². The summed E-state index contributed by atoms with van der Waals surface area (Å²) < 4.78 is 17.9. The lowest BCUT2D eigenvalue weighted by molar-refractivity contribution is -0.151. The highest BCUT2D eigenvalue weighted by Gasteiger charge is 2.36. The number of nitrogens with zero attached hydrogens (tertiary/aromatic N) is 1. The first-order valence-corrected chi connectivity index (χ1v) is 15.8. The topological polar surface area (TPSA) is 137 Å². The fourth-order valence-electron chi connectivity index (χ4n) is 6.30. The van der Waals surface area contributed by atoms with Crippen LogP contribution in [-0.4, -0.2) is 51.8 Å². The molecule has 10 heteroatoms. The molecule has 1 aliphatic heterocycles. The quantitative estimate of drug-likeness (QED) is 0.101. The molecular weight excluding hydrogens is 588 g/mol. The number of aliphatic hydroxyl groups is 1. The molecule has 0 spiro atoms. The molecule has 5 aromatic rings. The van der Waals surface area contributed by atoms with E-state index in [4.69, 9.17) is 14.2 Å². The van der Waals surface area contributed by atoms with Crippen LogP contribution in [0.3, 0.4) is 0 Å². The maximum absolute atomic E-state index is 12.5. The van der Waals surface area contributed by atoms with Crippen molar-refractivity contribution < 1.29 is 28.9 Å². The fourth-order valence-corrected chi connectivity index (χ4v) is 6.30. The average Bonchev–Trinajstić information content (AvgIpc) is 3.42. The monoisotopic (exact) mass is 626 g/mol. The number of aryl methyl sites for hydroxylation is 1. The molecule has 0 radical (unpaired) electrons. The number of aromatic nitrogens is 2. The number of carbonyl (C=O) groups is 2. The summed E-state index contributed by atoms with van der Waals surface area (Å²) in [7, 11) is 0. The Hall–Kier alpha value is -4.38. The fraction of sp³-hybridized carbons (Fsp3) is 0.389. The lowest BCUT2D eigenvalue weighted by Gasteiger charge is -2.17. The number of ether oxygens (including phenoxy) is 3. The molecule has 0 bridgehead atoms. The maximum Gasteiger partial charge on any atom is 0.330 e. The number of hydrogen-bond acceptors (Lipinski definition) is 8. The summed E-state index contributed by atoms with van der Waals surface area (Å²) in [6, 6.07) is 19.7. The molecule has 1 aliphatic rings. The molecule has 2 N–H and O–H groups in total. The van der Waals surface area contributed by atoms with E-state index < -0.39 is 35.7 Å². The number of Topliss-reactive ketones (excluding diaryl/α,β-unsaturated/α-hetero) is 1. The number of hydrogen-bond donors (Lipinski definition) is 2. The highest BCUT2D eigenvalue weighted by atomic mass is 16.6. The molecule has 0 amide bonds. The number of rotatable bonds is 14. The summed E-state index contributed by atoms with van der Waals surface area (Å²) in [6.07, 6.45) is 2.59. The number of benzene rings is 4. The first-order valence-electron chi connectivity index (χ1n) is 15.8. The van der Waals surface area contributed by atoms with E-state index in [0.717, 1.165) is 25.7 Å². The van der Waals surface area contributed by atoms with Crippen molar-refractivity contribution in [3.8, 4) is 0 Å². The van der Waals surface area contributed by atoms with E-state index >= 15 is 0 Å². The second-order valence-electron chi connectivity index (χ2n) is 12.1. The van der Waals surface area contributed by atoms with Crippen molar-refractivity contribution in [2.24, 2.45) is 0 Å². The lowest BCUT2D eigenvalue weighted by atomic mass is 9.90. The molecule has 1 fully saturated rings. The van der Waals surface area contributed by atoms with Gasteiger partial charge in [-0.3, -0.25) is 19.1 Å². The van der Waals surface area contributed by atoms with Crippen LogP contribution in [0.5, 0.6) is 0 Å². The van der Waals surface area contributed by atoms with Gasteiger partial charge in [-0.25, -0.2) is 4.79 Å². The third-order valence-corrected chi connectivity index (χ3v) is 8.76. The Bertz CT molecular complexity index is 1960. The molecule has 240 valence electrons. The number of aliphatic hydroxyl groups excluding tert-OH is 1. The summed E-state index contributed by atoms with van der Waals surface area (Å²) in [4.78, 5) is 50.2. The van der Waals surface area contributed by atoms with Crippen LogP contribution < -0.4 is 11.2 Å². The Morgan fingerprint density at radius 3 is 2.46 bits per heavy atom. The number of ketones is 1. The van der Waals surface area contributed by atoms with Crippen LogP contribution in [-0.2, 0) is 36.8 Å². The number of aromatic amines is 1. The number of unbranched alkanes of at least 4 members (excludes halogenated alkanes) is 2. The zero-order valence-electron chi connectivity index (χ0n) is 25.8. The van der Waals surface area contributed by atoms with Gasteiger partial charge in [0.15, 0.2) is 0 Å². The van der Waals surface area contributed by atoms with E-state index in [0.29, 0.717) is 6.61 Å². The molecule has 1 aromatic heterocycles. The molecule has 0 aliphatic carbocycles. The van der Waals surface area contributed by atoms with Crippen LogP contribution in [0.1, 0.15) is 62.8 Å². The summed E-state index contributed by atoms with van der Waals surface area (Å²) in [5.41, 5.74) is 0.403. The van der Waals surface area contributed by atoms with Gasteiger partial charge in [-0.15, -0.1) is 0 Å². The third kappa shape index (κ3) is 6.89. The van der Waals surface area contributed by atoms with Gasteiger partial charge in [0.25, 0.3) is 5.56 Å². The summed E-state index contributed by atoms with van der Waals surface area (Å²) in [5, 5.41) is 18.2. The Morgan fingerprint density at radius 1 is 0.935 bits per heavy atom. The number of nitrogens with one attached hydrogen (secondary N) is 1. The molecule has 1 saturated heterocycles. The minimum Gasteiger partial charge on any atom is -0.463 e. The van der Waals surface area contributed by atoms with E-state index in [2.05, 4.69) is 59.6 Å². The van der Waals surface area contributed by atoms with E-state index in [-0.39, 0.29) is 43.8 Å². The Balaban J connectivity index is 0.984. The predicted octanol–water partition coefficient (Wildman–Crippen LogP) is 4.92. The van der Waals surface area contributed by atoms with E-state index in [9.17, 15) is 24.3 Å². The highest BCUT2D eigenvalue weighted by Crippen LogP contribution is 2.36. The van der Waals surface area contributed by atoms with E-state index in [1.54, 1.807) is 0 Å².